The average molecular weight is 432 g/mol. The normalized spacial score (nSPS) is 12.1. The second-order valence-corrected chi connectivity index (χ2v) is 13.0. The monoisotopic (exact) mass is 431 g/mol. The molecule has 0 aliphatic rings. The molecule has 0 aliphatic heterocycles. The molecule has 0 unspecified atom stereocenters. The highest BCUT2D eigenvalue weighted by atomic mass is 32.3. The number of halogens is 1. The molecule has 7 heteroatoms. The third kappa shape index (κ3) is 6.19. The number of nitrogens with zero attached hydrogens (tertiary/aromatic N) is 2. The number of ether oxygens (including phenoxy) is 1. The van der Waals surface area contributed by atoms with Crippen LogP contribution in [0.4, 0.5) is 10.3 Å². The van der Waals surface area contributed by atoms with Gasteiger partial charge in [-0.1, -0.05) is 42.1 Å². The third-order valence-corrected chi connectivity index (χ3v) is 6.63. The van der Waals surface area contributed by atoms with E-state index in [1.165, 1.54) is 12.4 Å². The van der Waals surface area contributed by atoms with Gasteiger partial charge in [-0.15, -0.1) is 0 Å². The molecule has 4 nitrogen and oxygen atoms in total. The molecular weight excluding hydrogens is 405 g/mol. The Morgan fingerprint density at radius 3 is 2.41 bits per heavy atom. The standard InChI is InChI=1S/C22H26FN3OS2/c1-29(2,3)11-10-27-15-28-21-7-5-4-6-19(21)16-8-9-18(20(23)12-16)17-13-25-22(24)26-14-17/h4-9,12-14H,10-11,15H2,1-3H3,(H2,24,25,26). The van der Waals surface area contributed by atoms with Gasteiger partial charge in [0.2, 0.25) is 5.95 Å². The summed E-state index contributed by atoms with van der Waals surface area (Å²) in [5, 5.41) is 0. The maximum atomic E-state index is 14.8. The summed E-state index contributed by atoms with van der Waals surface area (Å²) in [5.41, 5.74) is 8.37. The topological polar surface area (TPSA) is 61.0 Å². The predicted molar refractivity (Wildman–Crippen MR) is 124 cm³/mol. The van der Waals surface area contributed by atoms with Crippen molar-refractivity contribution in [3.8, 4) is 22.3 Å². The van der Waals surface area contributed by atoms with Crippen LogP contribution in [0.5, 0.6) is 0 Å². The number of hydrogen-bond donors (Lipinski definition) is 1. The molecule has 0 saturated carbocycles. The number of rotatable bonds is 8. The lowest BCUT2D eigenvalue weighted by atomic mass is 10.0. The van der Waals surface area contributed by atoms with Gasteiger partial charge in [-0.05, 0) is 42.0 Å². The summed E-state index contributed by atoms with van der Waals surface area (Å²) >= 11 is 1.63. The van der Waals surface area contributed by atoms with E-state index >= 15 is 0 Å². The molecule has 3 aromatic rings. The van der Waals surface area contributed by atoms with E-state index in [4.69, 9.17) is 10.5 Å². The molecule has 0 atom stereocenters. The predicted octanol–water partition coefficient (Wildman–Crippen LogP) is 5.29. The minimum Gasteiger partial charge on any atom is -0.370 e. The Morgan fingerprint density at radius 1 is 1.00 bits per heavy atom. The molecule has 29 heavy (non-hydrogen) atoms. The Hall–Kier alpha value is -2.09. The molecule has 0 saturated heterocycles. The molecule has 1 heterocycles. The molecule has 0 aliphatic carbocycles. The van der Waals surface area contributed by atoms with Gasteiger partial charge in [0.05, 0.1) is 12.5 Å². The molecule has 1 aromatic heterocycles. The zero-order valence-electron chi connectivity index (χ0n) is 16.9. The fraction of sp³-hybridized carbons (Fsp3) is 0.273. The second-order valence-electron chi connectivity index (χ2n) is 7.49. The first kappa shape index (κ1) is 21.6. The van der Waals surface area contributed by atoms with Crippen molar-refractivity contribution in [1.29, 1.82) is 0 Å². The number of anilines is 1. The number of benzene rings is 2. The molecular formula is C22H26FN3OS2. The first-order chi connectivity index (χ1) is 13.8. The van der Waals surface area contributed by atoms with Gasteiger partial charge in [-0.2, -0.15) is 0 Å². The molecule has 0 spiro atoms. The van der Waals surface area contributed by atoms with Crippen molar-refractivity contribution in [2.24, 2.45) is 0 Å². The minimum absolute atomic E-state index is 0.169. The Bertz CT molecular complexity index is 959. The van der Waals surface area contributed by atoms with E-state index in [1.54, 1.807) is 23.9 Å². The summed E-state index contributed by atoms with van der Waals surface area (Å²) in [6, 6.07) is 13.2. The van der Waals surface area contributed by atoms with Crippen LogP contribution in [0.25, 0.3) is 22.3 Å². The lowest BCUT2D eigenvalue weighted by molar-refractivity contribution is 0.201. The smallest absolute Gasteiger partial charge is 0.219 e. The van der Waals surface area contributed by atoms with Crippen molar-refractivity contribution in [2.75, 3.05) is 42.8 Å². The van der Waals surface area contributed by atoms with E-state index in [2.05, 4.69) is 28.7 Å². The van der Waals surface area contributed by atoms with Gasteiger partial charge in [-0.3, -0.25) is 0 Å². The number of thioether (sulfide) groups is 1. The van der Waals surface area contributed by atoms with Crippen molar-refractivity contribution < 1.29 is 9.13 Å². The van der Waals surface area contributed by atoms with Crippen LogP contribution >= 0.6 is 21.8 Å². The van der Waals surface area contributed by atoms with E-state index in [9.17, 15) is 4.39 Å². The molecule has 0 radical (unpaired) electrons. The zero-order valence-corrected chi connectivity index (χ0v) is 18.5. The van der Waals surface area contributed by atoms with Crippen LogP contribution in [0.2, 0.25) is 0 Å². The molecule has 2 N–H and O–H groups in total. The van der Waals surface area contributed by atoms with Crippen molar-refractivity contribution in [3.63, 3.8) is 0 Å². The molecule has 0 amide bonds. The van der Waals surface area contributed by atoms with E-state index < -0.39 is 10.0 Å². The Morgan fingerprint density at radius 2 is 1.72 bits per heavy atom. The number of aromatic nitrogens is 2. The molecule has 3 rings (SSSR count). The van der Waals surface area contributed by atoms with Gasteiger partial charge >= 0.3 is 0 Å². The maximum absolute atomic E-state index is 14.8. The highest BCUT2D eigenvalue weighted by Gasteiger charge is 2.11. The largest absolute Gasteiger partial charge is 0.370 e. The Kier molecular flexibility index (Phi) is 7.16. The van der Waals surface area contributed by atoms with Crippen LogP contribution in [0.3, 0.4) is 0 Å². The van der Waals surface area contributed by atoms with Gasteiger partial charge < -0.3 is 10.5 Å². The number of nitrogens with two attached hydrogens (primary N) is 1. The number of nitrogen functional groups attached to an aromatic ring is 1. The highest BCUT2D eigenvalue weighted by Crippen LogP contribution is 2.35. The van der Waals surface area contributed by atoms with E-state index in [0.717, 1.165) is 28.4 Å². The highest BCUT2D eigenvalue weighted by molar-refractivity contribution is 8.32. The lowest BCUT2D eigenvalue weighted by Crippen LogP contribution is -2.06. The van der Waals surface area contributed by atoms with E-state index in [1.807, 2.05) is 30.3 Å². The van der Waals surface area contributed by atoms with Crippen LogP contribution in [0.1, 0.15) is 0 Å². The van der Waals surface area contributed by atoms with Crippen molar-refractivity contribution >= 4 is 27.7 Å². The summed E-state index contributed by atoms with van der Waals surface area (Å²) in [4.78, 5) is 8.95. The SMILES string of the molecule is CS(C)(C)CCOCSc1ccccc1-c1ccc(-c2cnc(N)nc2)c(F)c1. The Balaban J connectivity index is 1.74. The first-order valence-electron chi connectivity index (χ1n) is 9.17. The van der Waals surface area contributed by atoms with Crippen molar-refractivity contribution in [2.45, 2.75) is 4.90 Å². The molecule has 2 aromatic carbocycles. The summed E-state index contributed by atoms with van der Waals surface area (Å²) in [5.74, 6) is 1.52. The number of hydrogen-bond acceptors (Lipinski definition) is 5. The minimum atomic E-state index is -0.546. The van der Waals surface area contributed by atoms with Gasteiger partial charge in [0, 0.05) is 34.2 Å². The quantitative estimate of drug-likeness (QED) is 0.298. The van der Waals surface area contributed by atoms with Crippen molar-refractivity contribution in [1.82, 2.24) is 9.97 Å². The van der Waals surface area contributed by atoms with E-state index in [-0.39, 0.29) is 11.8 Å². The van der Waals surface area contributed by atoms with Gasteiger partial charge in [0.1, 0.15) is 5.82 Å². The van der Waals surface area contributed by atoms with Gasteiger partial charge in [0.25, 0.3) is 0 Å². The third-order valence-electron chi connectivity index (χ3n) is 4.29. The summed E-state index contributed by atoms with van der Waals surface area (Å²) < 4.78 is 20.6. The molecule has 0 bridgehead atoms. The fourth-order valence-corrected chi connectivity index (χ4v) is 4.16. The first-order valence-corrected chi connectivity index (χ1v) is 13.2. The fourth-order valence-electron chi connectivity index (χ4n) is 2.70. The van der Waals surface area contributed by atoms with Crippen LogP contribution in [0.15, 0.2) is 59.8 Å². The Labute approximate surface area is 177 Å². The second kappa shape index (κ2) is 9.61. The van der Waals surface area contributed by atoms with Crippen molar-refractivity contribution in [3.05, 3.63) is 60.7 Å². The summed E-state index contributed by atoms with van der Waals surface area (Å²) in [6.07, 6.45) is 9.91. The van der Waals surface area contributed by atoms with Crippen LogP contribution < -0.4 is 5.73 Å². The summed E-state index contributed by atoms with van der Waals surface area (Å²) in [6.45, 7) is 0.765. The summed E-state index contributed by atoms with van der Waals surface area (Å²) in [7, 11) is -0.546. The average Bonchev–Trinajstić information content (AvgIpc) is 2.68. The van der Waals surface area contributed by atoms with Gasteiger partial charge in [-0.25, -0.2) is 24.4 Å². The molecule has 0 fully saturated rings. The van der Waals surface area contributed by atoms with Crippen LogP contribution in [-0.4, -0.2) is 47.0 Å². The van der Waals surface area contributed by atoms with Gasteiger partial charge in [0.15, 0.2) is 0 Å². The zero-order chi connectivity index (χ0) is 20.9. The van der Waals surface area contributed by atoms with E-state index in [0.29, 0.717) is 17.1 Å². The lowest BCUT2D eigenvalue weighted by Gasteiger charge is -2.24. The van der Waals surface area contributed by atoms with Crippen LogP contribution in [-0.2, 0) is 4.74 Å². The van der Waals surface area contributed by atoms with Crippen LogP contribution in [0, 0.1) is 5.82 Å². The maximum Gasteiger partial charge on any atom is 0.219 e. The molecule has 154 valence electrons.